The Bertz CT molecular complexity index is 585. The molecule has 0 unspecified atom stereocenters. The van der Waals surface area contributed by atoms with E-state index in [1.165, 1.54) is 19.3 Å². The molecule has 20 heavy (non-hydrogen) atoms. The van der Waals surface area contributed by atoms with E-state index in [0.717, 1.165) is 30.6 Å². The van der Waals surface area contributed by atoms with Crippen molar-refractivity contribution in [3.8, 4) is 0 Å². The summed E-state index contributed by atoms with van der Waals surface area (Å²) < 4.78 is 5.32. The fourth-order valence-corrected chi connectivity index (χ4v) is 2.80. The minimum absolute atomic E-state index is 0.0194. The highest BCUT2D eigenvalue weighted by Crippen LogP contribution is 2.19. The van der Waals surface area contributed by atoms with Gasteiger partial charge in [-0.15, -0.1) is 0 Å². The third kappa shape index (κ3) is 2.85. The van der Waals surface area contributed by atoms with Crippen LogP contribution in [0.25, 0.3) is 11.0 Å². The van der Waals surface area contributed by atoms with Gasteiger partial charge in [-0.2, -0.15) is 0 Å². The number of furan rings is 1. The van der Waals surface area contributed by atoms with E-state index >= 15 is 0 Å². The Balaban J connectivity index is 1.57. The van der Waals surface area contributed by atoms with Crippen LogP contribution in [0.1, 0.15) is 29.6 Å². The molecular formula is C16H20N2O2. The van der Waals surface area contributed by atoms with Crippen LogP contribution < -0.4 is 5.32 Å². The monoisotopic (exact) mass is 272 g/mol. The van der Waals surface area contributed by atoms with Crippen molar-refractivity contribution < 1.29 is 9.21 Å². The molecule has 1 N–H and O–H groups in total. The van der Waals surface area contributed by atoms with Crippen LogP contribution in [0.3, 0.4) is 0 Å². The smallest absolute Gasteiger partial charge is 0.252 e. The Hall–Kier alpha value is -1.81. The molecule has 1 aliphatic heterocycles. The van der Waals surface area contributed by atoms with Crippen molar-refractivity contribution in [3.05, 3.63) is 36.1 Å². The third-order valence-electron chi connectivity index (χ3n) is 3.90. The molecule has 0 radical (unpaired) electrons. The average Bonchev–Trinajstić information content (AvgIpc) is 2.96. The third-order valence-corrected chi connectivity index (χ3v) is 3.90. The van der Waals surface area contributed by atoms with Gasteiger partial charge in [0.15, 0.2) is 0 Å². The molecule has 1 aromatic heterocycles. The summed E-state index contributed by atoms with van der Waals surface area (Å²) in [6, 6.07) is 7.41. The maximum atomic E-state index is 12.2. The Morgan fingerprint density at radius 1 is 1.20 bits per heavy atom. The second-order valence-corrected chi connectivity index (χ2v) is 5.30. The van der Waals surface area contributed by atoms with Gasteiger partial charge in [0.05, 0.1) is 11.8 Å². The molecule has 0 spiro atoms. The summed E-state index contributed by atoms with van der Waals surface area (Å²) in [6.45, 7) is 3.96. The largest absolute Gasteiger partial charge is 0.464 e. The molecule has 1 saturated heterocycles. The summed E-state index contributed by atoms with van der Waals surface area (Å²) in [6.07, 6.45) is 5.52. The fraction of sp³-hybridized carbons (Fsp3) is 0.438. The number of fused-ring (bicyclic) bond motifs is 1. The summed E-state index contributed by atoms with van der Waals surface area (Å²) in [5.41, 5.74) is 1.45. The average molecular weight is 272 g/mol. The summed E-state index contributed by atoms with van der Waals surface area (Å²) >= 11 is 0. The maximum Gasteiger partial charge on any atom is 0.252 e. The van der Waals surface area contributed by atoms with Crippen molar-refractivity contribution in [3.63, 3.8) is 0 Å². The van der Waals surface area contributed by atoms with Gasteiger partial charge in [-0.05, 0) is 44.1 Å². The summed E-state index contributed by atoms with van der Waals surface area (Å²) in [5.74, 6) is -0.0194. The van der Waals surface area contributed by atoms with Crippen LogP contribution in [-0.4, -0.2) is 37.0 Å². The van der Waals surface area contributed by atoms with E-state index in [9.17, 15) is 4.79 Å². The number of carbonyl (C=O) groups is 1. The number of rotatable bonds is 4. The number of hydrogen-bond donors (Lipinski definition) is 1. The lowest BCUT2D eigenvalue weighted by molar-refractivity contribution is 0.0948. The maximum absolute atomic E-state index is 12.2. The minimum atomic E-state index is -0.0194. The number of piperidine rings is 1. The molecule has 2 aromatic rings. The number of nitrogens with one attached hydrogen (secondary N) is 1. The molecule has 3 rings (SSSR count). The first-order valence-electron chi connectivity index (χ1n) is 7.31. The Morgan fingerprint density at radius 3 is 2.90 bits per heavy atom. The number of likely N-dealkylation sites (tertiary alicyclic amines) is 1. The van der Waals surface area contributed by atoms with Crippen LogP contribution in [0.4, 0.5) is 0 Å². The second-order valence-electron chi connectivity index (χ2n) is 5.30. The molecule has 0 saturated carbocycles. The number of nitrogens with zero attached hydrogens (tertiary/aromatic N) is 1. The SMILES string of the molecule is O=C(NCCN1CCCCC1)c1cccc2occc12. The lowest BCUT2D eigenvalue weighted by Gasteiger charge is -2.26. The lowest BCUT2D eigenvalue weighted by Crippen LogP contribution is -2.37. The van der Waals surface area contributed by atoms with Crippen LogP contribution in [0.2, 0.25) is 0 Å². The number of amides is 1. The summed E-state index contributed by atoms with van der Waals surface area (Å²) in [7, 11) is 0. The molecule has 0 atom stereocenters. The fourth-order valence-electron chi connectivity index (χ4n) is 2.80. The molecule has 1 aromatic carbocycles. The van der Waals surface area contributed by atoms with Gasteiger partial charge in [-0.25, -0.2) is 0 Å². The molecule has 0 bridgehead atoms. The van der Waals surface area contributed by atoms with Crippen LogP contribution >= 0.6 is 0 Å². The topological polar surface area (TPSA) is 45.5 Å². The summed E-state index contributed by atoms with van der Waals surface area (Å²) in [5, 5.41) is 3.88. The molecule has 1 fully saturated rings. The lowest BCUT2D eigenvalue weighted by atomic mass is 10.1. The number of hydrogen-bond acceptors (Lipinski definition) is 3. The van der Waals surface area contributed by atoms with Crippen molar-refractivity contribution in [1.29, 1.82) is 0 Å². The van der Waals surface area contributed by atoms with Gasteiger partial charge in [-0.1, -0.05) is 12.5 Å². The van der Waals surface area contributed by atoms with Gasteiger partial charge in [-0.3, -0.25) is 4.79 Å². The van der Waals surface area contributed by atoms with Crippen LogP contribution in [0.15, 0.2) is 34.9 Å². The van der Waals surface area contributed by atoms with Gasteiger partial charge in [0, 0.05) is 18.5 Å². The predicted octanol–water partition coefficient (Wildman–Crippen LogP) is 2.65. The molecular weight excluding hydrogens is 252 g/mol. The van der Waals surface area contributed by atoms with Gasteiger partial charge in [0.1, 0.15) is 5.58 Å². The highest BCUT2D eigenvalue weighted by Gasteiger charge is 2.13. The van der Waals surface area contributed by atoms with Gasteiger partial charge >= 0.3 is 0 Å². The normalized spacial score (nSPS) is 16.4. The van der Waals surface area contributed by atoms with Crippen LogP contribution in [0.5, 0.6) is 0 Å². The van der Waals surface area contributed by atoms with E-state index < -0.39 is 0 Å². The van der Waals surface area contributed by atoms with E-state index in [-0.39, 0.29) is 5.91 Å². The Labute approximate surface area is 118 Å². The van der Waals surface area contributed by atoms with Crippen LogP contribution in [-0.2, 0) is 0 Å². The van der Waals surface area contributed by atoms with Gasteiger partial charge in [0.25, 0.3) is 5.91 Å². The zero-order valence-corrected chi connectivity index (χ0v) is 11.6. The van der Waals surface area contributed by atoms with E-state index in [4.69, 9.17) is 4.42 Å². The molecule has 106 valence electrons. The molecule has 0 aliphatic carbocycles. The zero-order chi connectivity index (χ0) is 13.8. The first-order valence-corrected chi connectivity index (χ1v) is 7.31. The Morgan fingerprint density at radius 2 is 2.05 bits per heavy atom. The van der Waals surface area contributed by atoms with Crippen molar-refractivity contribution in [2.45, 2.75) is 19.3 Å². The molecule has 4 nitrogen and oxygen atoms in total. The quantitative estimate of drug-likeness (QED) is 0.930. The number of carbonyl (C=O) groups excluding carboxylic acids is 1. The number of benzene rings is 1. The Kier molecular flexibility index (Phi) is 4.02. The van der Waals surface area contributed by atoms with E-state index in [2.05, 4.69) is 10.2 Å². The van der Waals surface area contributed by atoms with Gasteiger partial charge in [0.2, 0.25) is 0 Å². The highest BCUT2D eigenvalue weighted by molar-refractivity contribution is 6.05. The second kappa shape index (κ2) is 6.09. The predicted molar refractivity (Wildman–Crippen MR) is 78.8 cm³/mol. The van der Waals surface area contributed by atoms with Crippen molar-refractivity contribution in [2.24, 2.45) is 0 Å². The van der Waals surface area contributed by atoms with Crippen molar-refractivity contribution in [1.82, 2.24) is 10.2 Å². The highest BCUT2D eigenvalue weighted by atomic mass is 16.3. The molecule has 2 heterocycles. The van der Waals surface area contributed by atoms with Crippen molar-refractivity contribution >= 4 is 16.9 Å². The first kappa shape index (κ1) is 13.2. The van der Waals surface area contributed by atoms with E-state index in [1.807, 2.05) is 24.3 Å². The molecule has 4 heteroatoms. The van der Waals surface area contributed by atoms with E-state index in [0.29, 0.717) is 12.1 Å². The molecule has 1 amide bonds. The zero-order valence-electron chi connectivity index (χ0n) is 11.6. The minimum Gasteiger partial charge on any atom is -0.464 e. The van der Waals surface area contributed by atoms with Crippen molar-refractivity contribution in [2.75, 3.05) is 26.2 Å². The van der Waals surface area contributed by atoms with Gasteiger partial charge < -0.3 is 14.6 Å². The molecule has 1 aliphatic rings. The van der Waals surface area contributed by atoms with E-state index in [1.54, 1.807) is 6.26 Å². The van der Waals surface area contributed by atoms with Crippen LogP contribution in [0, 0.1) is 0 Å². The standard InChI is InChI=1S/C16H20N2O2/c19-16(17-8-11-18-9-2-1-3-10-18)14-5-4-6-15-13(14)7-12-20-15/h4-7,12H,1-3,8-11H2,(H,17,19). The first-order chi connectivity index (χ1) is 9.84. The summed E-state index contributed by atoms with van der Waals surface area (Å²) in [4.78, 5) is 14.6.